The van der Waals surface area contributed by atoms with E-state index in [-0.39, 0.29) is 12.0 Å². The average Bonchev–Trinajstić information content (AvgIpc) is 3.18. The smallest absolute Gasteiger partial charge is 0.251 e. The number of anilines is 1. The summed E-state index contributed by atoms with van der Waals surface area (Å²) in [6.07, 6.45) is 1.99. The Hall–Kier alpha value is -3.59. The van der Waals surface area contributed by atoms with Gasteiger partial charge in [-0.2, -0.15) is 0 Å². The van der Waals surface area contributed by atoms with Gasteiger partial charge in [0, 0.05) is 31.4 Å². The van der Waals surface area contributed by atoms with Crippen LogP contribution in [0.25, 0.3) is 0 Å². The first-order chi connectivity index (χ1) is 16.4. The van der Waals surface area contributed by atoms with Gasteiger partial charge in [-0.15, -0.1) is 0 Å². The molecule has 3 heterocycles. The number of nitrogens with zero attached hydrogens (tertiary/aromatic N) is 3. The summed E-state index contributed by atoms with van der Waals surface area (Å²) in [4.78, 5) is 19.5. The van der Waals surface area contributed by atoms with Gasteiger partial charge in [0.1, 0.15) is 18.2 Å². The molecule has 180 valence electrons. The second-order valence-corrected chi connectivity index (χ2v) is 8.29. The van der Waals surface area contributed by atoms with Crippen LogP contribution in [-0.2, 0) is 17.9 Å². The summed E-state index contributed by atoms with van der Waals surface area (Å²) in [7, 11) is 1.54. The van der Waals surface area contributed by atoms with E-state index >= 15 is 0 Å². The molecule has 1 amide bonds. The lowest BCUT2D eigenvalue weighted by molar-refractivity contribution is 0.0529. The molecular weight excluding hydrogens is 436 g/mol. The number of methoxy groups -OCH3 is 1. The number of nitrogens with one attached hydrogen (secondary N) is 1. The third kappa shape index (κ3) is 5.48. The molecule has 2 aromatic heterocycles. The third-order valence-electron chi connectivity index (χ3n) is 5.81. The fourth-order valence-corrected chi connectivity index (χ4v) is 3.81. The Balaban J connectivity index is 1.34. The fourth-order valence-electron chi connectivity index (χ4n) is 3.81. The molecule has 0 spiro atoms. The number of carbonyl (C=O) groups is 1. The molecule has 0 saturated carbocycles. The van der Waals surface area contributed by atoms with Crippen molar-refractivity contribution in [2.75, 3.05) is 31.7 Å². The Kier molecular flexibility index (Phi) is 7.32. The topological polar surface area (TPSA) is 99.0 Å². The van der Waals surface area contributed by atoms with E-state index in [2.05, 4.69) is 27.3 Å². The van der Waals surface area contributed by atoms with Gasteiger partial charge in [-0.25, -0.2) is 4.98 Å². The number of ether oxygens (including phenoxy) is 3. The van der Waals surface area contributed by atoms with Crippen molar-refractivity contribution in [3.8, 4) is 11.5 Å². The van der Waals surface area contributed by atoms with Gasteiger partial charge in [-0.3, -0.25) is 4.79 Å². The molecule has 34 heavy (non-hydrogen) atoms. The van der Waals surface area contributed by atoms with Gasteiger partial charge in [-0.1, -0.05) is 11.2 Å². The number of pyridine rings is 1. The van der Waals surface area contributed by atoms with Crippen LogP contribution in [0.2, 0.25) is 0 Å². The van der Waals surface area contributed by atoms with E-state index in [4.69, 9.17) is 18.7 Å². The van der Waals surface area contributed by atoms with Gasteiger partial charge < -0.3 is 29.0 Å². The van der Waals surface area contributed by atoms with Crippen LogP contribution in [-0.4, -0.2) is 49.0 Å². The van der Waals surface area contributed by atoms with E-state index in [1.54, 1.807) is 31.5 Å². The van der Waals surface area contributed by atoms with Gasteiger partial charge in [-0.05, 0) is 50.6 Å². The highest BCUT2D eigenvalue weighted by Crippen LogP contribution is 2.29. The Morgan fingerprint density at radius 3 is 2.76 bits per heavy atom. The van der Waals surface area contributed by atoms with E-state index in [0.717, 1.165) is 41.5 Å². The summed E-state index contributed by atoms with van der Waals surface area (Å²) >= 11 is 0. The van der Waals surface area contributed by atoms with Crippen LogP contribution in [0, 0.1) is 13.8 Å². The third-order valence-corrected chi connectivity index (χ3v) is 5.81. The molecule has 0 aliphatic carbocycles. The fraction of sp³-hybridized carbons (Fsp3) is 0.400. The molecule has 1 fully saturated rings. The molecule has 9 nitrogen and oxygen atoms in total. The Labute approximate surface area is 199 Å². The lowest BCUT2D eigenvalue weighted by atomic mass is 10.1. The van der Waals surface area contributed by atoms with Gasteiger partial charge in [0.05, 0.1) is 31.1 Å². The van der Waals surface area contributed by atoms with E-state index in [1.807, 2.05) is 26.0 Å². The summed E-state index contributed by atoms with van der Waals surface area (Å²) in [5, 5.41) is 6.87. The van der Waals surface area contributed by atoms with Crippen LogP contribution in [0.5, 0.6) is 11.5 Å². The van der Waals surface area contributed by atoms with Crippen molar-refractivity contribution in [2.24, 2.45) is 0 Å². The second-order valence-electron chi connectivity index (χ2n) is 8.29. The summed E-state index contributed by atoms with van der Waals surface area (Å²) in [6, 6.07) is 9.06. The number of hydrogen-bond donors (Lipinski definition) is 1. The monoisotopic (exact) mass is 466 g/mol. The molecule has 1 unspecified atom stereocenters. The zero-order valence-corrected chi connectivity index (χ0v) is 20.0. The molecule has 1 aliphatic rings. The SMILES string of the molecule is COc1cc(C(=O)NCc2ccc(N3CCOC(C)C3)nc2)ccc1OCc1c(C)noc1C. The van der Waals surface area contributed by atoms with Crippen molar-refractivity contribution in [3.05, 3.63) is 64.7 Å². The number of amides is 1. The van der Waals surface area contributed by atoms with E-state index in [1.165, 1.54) is 0 Å². The summed E-state index contributed by atoms with van der Waals surface area (Å²) in [6.45, 7) is 8.79. The molecular formula is C25H30N4O5. The maximum Gasteiger partial charge on any atom is 0.251 e. The summed E-state index contributed by atoms with van der Waals surface area (Å²) in [5.41, 5.74) is 3.08. The van der Waals surface area contributed by atoms with Gasteiger partial charge in [0.2, 0.25) is 0 Å². The quantitative estimate of drug-likeness (QED) is 0.539. The zero-order chi connectivity index (χ0) is 24.1. The highest BCUT2D eigenvalue weighted by molar-refractivity contribution is 5.94. The normalized spacial score (nSPS) is 15.8. The molecule has 0 radical (unpaired) electrons. The molecule has 1 atom stereocenters. The zero-order valence-electron chi connectivity index (χ0n) is 20.0. The van der Waals surface area contributed by atoms with Crippen LogP contribution >= 0.6 is 0 Å². The molecule has 1 N–H and O–H groups in total. The minimum absolute atomic E-state index is 0.194. The van der Waals surface area contributed by atoms with Crippen molar-refractivity contribution < 1.29 is 23.5 Å². The van der Waals surface area contributed by atoms with Crippen LogP contribution in [0.3, 0.4) is 0 Å². The van der Waals surface area contributed by atoms with Crippen LogP contribution in [0.1, 0.15) is 39.9 Å². The lowest BCUT2D eigenvalue weighted by Crippen LogP contribution is -2.41. The summed E-state index contributed by atoms with van der Waals surface area (Å²) in [5.74, 6) is 2.44. The van der Waals surface area contributed by atoms with Gasteiger partial charge >= 0.3 is 0 Å². The van der Waals surface area contributed by atoms with Crippen LogP contribution in [0.15, 0.2) is 41.1 Å². The number of benzene rings is 1. The molecule has 9 heteroatoms. The molecule has 3 aromatic rings. The highest BCUT2D eigenvalue weighted by Gasteiger charge is 2.18. The molecule has 1 aliphatic heterocycles. The van der Waals surface area contributed by atoms with Gasteiger partial charge in [0.25, 0.3) is 5.91 Å². The minimum atomic E-state index is -0.207. The number of carbonyl (C=O) groups excluding carboxylic acids is 1. The van der Waals surface area contributed by atoms with E-state index in [0.29, 0.717) is 36.8 Å². The number of hydrogen-bond acceptors (Lipinski definition) is 8. The molecule has 0 bridgehead atoms. The van der Waals surface area contributed by atoms with Crippen LogP contribution < -0.4 is 19.7 Å². The minimum Gasteiger partial charge on any atom is -0.493 e. The number of morpholine rings is 1. The van der Waals surface area contributed by atoms with Crippen molar-refractivity contribution in [1.29, 1.82) is 0 Å². The first kappa shape index (κ1) is 23.6. The number of aromatic nitrogens is 2. The molecule has 4 rings (SSSR count). The average molecular weight is 467 g/mol. The Morgan fingerprint density at radius 2 is 2.09 bits per heavy atom. The van der Waals surface area contributed by atoms with Crippen molar-refractivity contribution in [2.45, 2.75) is 40.0 Å². The predicted molar refractivity (Wildman–Crippen MR) is 126 cm³/mol. The number of rotatable bonds is 8. The second kappa shape index (κ2) is 10.6. The van der Waals surface area contributed by atoms with Crippen molar-refractivity contribution >= 4 is 11.7 Å². The van der Waals surface area contributed by atoms with E-state index in [9.17, 15) is 4.79 Å². The largest absolute Gasteiger partial charge is 0.493 e. The lowest BCUT2D eigenvalue weighted by Gasteiger charge is -2.32. The highest BCUT2D eigenvalue weighted by atomic mass is 16.5. The maximum absolute atomic E-state index is 12.7. The Bertz CT molecular complexity index is 1110. The first-order valence-electron chi connectivity index (χ1n) is 11.3. The number of aryl methyl sites for hydroxylation is 2. The first-order valence-corrected chi connectivity index (χ1v) is 11.3. The summed E-state index contributed by atoms with van der Waals surface area (Å²) < 4.78 is 22.1. The van der Waals surface area contributed by atoms with Crippen molar-refractivity contribution in [1.82, 2.24) is 15.5 Å². The predicted octanol–water partition coefficient (Wildman–Crippen LogP) is 3.43. The molecule has 1 aromatic carbocycles. The van der Waals surface area contributed by atoms with Gasteiger partial charge in [0.15, 0.2) is 11.5 Å². The maximum atomic E-state index is 12.7. The Morgan fingerprint density at radius 1 is 1.24 bits per heavy atom. The van der Waals surface area contributed by atoms with Crippen LogP contribution in [0.4, 0.5) is 5.82 Å². The van der Waals surface area contributed by atoms with E-state index < -0.39 is 0 Å². The van der Waals surface area contributed by atoms with Crippen molar-refractivity contribution in [3.63, 3.8) is 0 Å². The molecule has 1 saturated heterocycles. The standard InChI is InChI=1S/C25H30N4O5/c1-16-14-29(9-10-32-16)24-8-5-19(12-26-24)13-27-25(30)20-6-7-22(23(11-20)31-4)33-15-21-17(2)28-34-18(21)3/h5-8,11-12,16H,9-10,13-15H2,1-4H3,(H,27,30).